The molecule has 0 aromatic heterocycles. The molecule has 5 rings (SSSR count). The molecule has 10 heteroatoms. The third kappa shape index (κ3) is 6.60. The molecule has 0 saturated carbocycles. The minimum Gasteiger partial charge on any atom is -0.469 e. The van der Waals surface area contributed by atoms with Crippen molar-refractivity contribution in [2.45, 2.75) is 13.1 Å². The van der Waals surface area contributed by atoms with Gasteiger partial charge in [-0.1, -0.05) is 72.8 Å². The van der Waals surface area contributed by atoms with Crippen LogP contribution in [-0.2, 0) is 10.9 Å². The van der Waals surface area contributed by atoms with Gasteiger partial charge in [0.2, 0.25) is 5.83 Å². The normalized spacial score (nSPS) is 12.2. The van der Waals surface area contributed by atoms with Crippen LogP contribution in [0.3, 0.4) is 0 Å². The van der Waals surface area contributed by atoms with E-state index in [0.29, 0.717) is 23.3 Å². The summed E-state index contributed by atoms with van der Waals surface area (Å²) >= 11 is 0. The van der Waals surface area contributed by atoms with Gasteiger partial charge >= 0.3 is 12.2 Å². The van der Waals surface area contributed by atoms with Crippen LogP contribution < -0.4 is 0 Å². The highest BCUT2D eigenvalue weighted by Gasteiger charge is 2.38. The highest BCUT2D eigenvalue weighted by Crippen LogP contribution is 2.38. The maximum atomic E-state index is 15.2. The fourth-order valence-corrected chi connectivity index (χ4v) is 4.81. The predicted octanol–water partition coefficient (Wildman–Crippen LogP) is 11.5. The molecule has 0 aliphatic rings. The highest BCUT2D eigenvalue weighted by molar-refractivity contribution is 5.76. The van der Waals surface area contributed by atoms with Crippen LogP contribution in [0.5, 0.6) is 0 Å². The van der Waals surface area contributed by atoms with E-state index >= 15 is 4.39 Å². The first-order chi connectivity index (χ1) is 21.4. The molecule has 0 radical (unpaired) electrons. The van der Waals surface area contributed by atoms with Crippen molar-refractivity contribution in [3.05, 3.63) is 137 Å². The molecule has 0 heterocycles. The summed E-state index contributed by atoms with van der Waals surface area (Å²) in [4.78, 5) is 0. The van der Waals surface area contributed by atoms with Crippen LogP contribution in [0.2, 0.25) is 0 Å². The molecule has 0 aliphatic heterocycles. The quantitative estimate of drug-likeness (QED) is 0.129. The number of ether oxygens (including phenoxy) is 1. The standard InChI is InChI=1S/C35H21F9O/c1-2-45-34(41)33(40)22-9-7-20(8-10-22)19-3-5-21(6-4-19)23-11-13-26(28(36)15-23)24-12-14-27(29(37)16-24)25-17-30(38)32(31(39)18-25)35(42,43)44/h3-18H,2H2,1H3/b34-33-. The number of rotatable bonds is 7. The number of halogens is 9. The average molecular weight is 629 g/mol. The van der Waals surface area contributed by atoms with E-state index in [2.05, 4.69) is 4.74 Å². The molecule has 0 amide bonds. The number of hydrogen-bond donors (Lipinski definition) is 0. The Balaban J connectivity index is 1.36. The number of hydrogen-bond acceptors (Lipinski definition) is 1. The molecule has 230 valence electrons. The second-order valence-corrected chi connectivity index (χ2v) is 9.88. The summed E-state index contributed by atoms with van der Waals surface area (Å²) in [6.45, 7) is 1.53. The first-order valence-electron chi connectivity index (χ1n) is 13.4. The lowest BCUT2D eigenvalue weighted by Gasteiger charge is -2.13. The molecule has 0 aliphatic carbocycles. The lowest BCUT2D eigenvalue weighted by atomic mass is 9.95. The van der Waals surface area contributed by atoms with Gasteiger partial charge in [0, 0.05) is 16.7 Å². The summed E-state index contributed by atoms with van der Waals surface area (Å²) in [5.74, 6) is -6.58. The summed E-state index contributed by atoms with van der Waals surface area (Å²) in [7, 11) is 0. The van der Waals surface area contributed by atoms with E-state index in [4.69, 9.17) is 0 Å². The Hall–Kier alpha value is -4.99. The highest BCUT2D eigenvalue weighted by atomic mass is 19.4. The van der Waals surface area contributed by atoms with Crippen LogP contribution in [0.25, 0.3) is 50.3 Å². The molecule has 45 heavy (non-hydrogen) atoms. The Morgan fingerprint density at radius 2 is 0.933 bits per heavy atom. The van der Waals surface area contributed by atoms with E-state index in [0.717, 1.165) is 23.3 Å². The van der Waals surface area contributed by atoms with Gasteiger partial charge in [0.25, 0.3) is 0 Å². The van der Waals surface area contributed by atoms with Crippen LogP contribution in [0.1, 0.15) is 18.1 Å². The van der Waals surface area contributed by atoms with Crippen molar-refractivity contribution in [1.82, 2.24) is 0 Å². The van der Waals surface area contributed by atoms with Gasteiger partial charge in [-0.2, -0.15) is 22.0 Å². The second-order valence-electron chi connectivity index (χ2n) is 9.88. The van der Waals surface area contributed by atoms with Crippen LogP contribution in [0.4, 0.5) is 39.5 Å². The van der Waals surface area contributed by atoms with Gasteiger partial charge in [0.15, 0.2) is 0 Å². The summed E-state index contributed by atoms with van der Waals surface area (Å²) in [6.07, 6.45) is -5.26. The first-order valence-corrected chi connectivity index (χ1v) is 13.4. The molecule has 0 saturated heterocycles. The summed E-state index contributed by atoms with van der Waals surface area (Å²) < 4.78 is 129. The van der Waals surface area contributed by atoms with Crippen molar-refractivity contribution in [2.24, 2.45) is 0 Å². The van der Waals surface area contributed by atoms with Crippen LogP contribution in [0.15, 0.2) is 103 Å². The Bertz CT molecular complexity index is 1870. The molecule has 0 N–H and O–H groups in total. The van der Waals surface area contributed by atoms with Crippen LogP contribution >= 0.6 is 0 Å². The van der Waals surface area contributed by atoms with E-state index in [1.54, 1.807) is 42.5 Å². The van der Waals surface area contributed by atoms with Crippen molar-refractivity contribution in [3.63, 3.8) is 0 Å². The van der Waals surface area contributed by atoms with Gasteiger partial charge in [0.05, 0.1) is 6.61 Å². The lowest BCUT2D eigenvalue weighted by molar-refractivity contribution is -0.142. The molecular formula is C35H21F9O. The smallest absolute Gasteiger partial charge is 0.422 e. The summed E-state index contributed by atoms with van der Waals surface area (Å²) in [6, 6.07) is 20.2. The topological polar surface area (TPSA) is 9.23 Å². The number of benzene rings is 5. The summed E-state index contributed by atoms with van der Waals surface area (Å²) in [5, 5.41) is 0. The van der Waals surface area contributed by atoms with Crippen LogP contribution in [0, 0.1) is 23.3 Å². The fourth-order valence-electron chi connectivity index (χ4n) is 4.81. The van der Waals surface area contributed by atoms with Crippen molar-refractivity contribution in [1.29, 1.82) is 0 Å². The third-order valence-corrected chi connectivity index (χ3v) is 7.02. The molecule has 0 bridgehead atoms. The molecule has 5 aromatic rings. The van der Waals surface area contributed by atoms with Crippen molar-refractivity contribution >= 4 is 5.83 Å². The van der Waals surface area contributed by atoms with Gasteiger partial charge in [0.1, 0.15) is 28.8 Å². The average Bonchev–Trinajstić information content (AvgIpc) is 3.00. The zero-order valence-electron chi connectivity index (χ0n) is 23.3. The Morgan fingerprint density at radius 1 is 0.533 bits per heavy atom. The Morgan fingerprint density at radius 3 is 1.42 bits per heavy atom. The van der Waals surface area contributed by atoms with Gasteiger partial charge in [-0.25, -0.2) is 17.6 Å². The van der Waals surface area contributed by atoms with E-state index < -0.39 is 52.4 Å². The van der Waals surface area contributed by atoms with E-state index in [9.17, 15) is 35.1 Å². The lowest BCUT2D eigenvalue weighted by Crippen LogP contribution is -2.11. The summed E-state index contributed by atoms with van der Waals surface area (Å²) in [5.41, 5.74) is -0.0981. The zero-order chi connectivity index (χ0) is 32.5. The Labute approximate surface area is 251 Å². The van der Waals surface area contributed by atoms with E-state index in [1.807, 2.05) is 0 Å². The van der Waals surface area contributed by atoms with E-state index in [-0.39, 0.29) is 28.9 Å². The largest absolute Gasteiger partial charge is 0.469 e. The SMILES string of the molecule is CCO/C(F)=C(\F)c1ccc(-c2ccc(-c3ccc(-c4ccc(-c5cc(F)c(C(F)(F)F)c(F)c5)c(F)c4)c(F)c3)cc2)cc1. The monoisotopic (exact) mass is 628 g/mol. The van der Waals surface area contributed by atoms with Crippen molar-refractivity contribution < 1.29 is 44.3 Å². The Kier molecular flexibility index (Phi) is 8.77. The molecule has 0 spiro atoms. The maximum absolute atomic E-state index is 15.2. The number of alkyl halides is 3. The van der Waals surface area contributed by atoms with Gasteiger partial charge in [-0.3, -0.25) is 0 Å². The fraction of sp³-hybridized carbons (Fsp3) is 0.0857. The first kappa shape index (κ1) is 31.4. The molecule has 1 nitrogen and oxygen atoms in total. The minimum atomic E-state index is -5.26. The molecular weight excluding hydrogens is 607 g/mol. The van der Waals surface area contributed by atoms with Crippen LogP contribution in [-0.4, -0.2) is 6.61 Å². The van der Waals surface area contributed by atoms with Gasteiger partial charge < -0.3 is 4.74 Å². The second kappa shape index (κ2) is 12.6. The van der Waals surface area contributed by atoms with Crippen molar-refractivity contribution in [2.75, 3.05) is 6.61 Å². The maximum Gasteiger partial charge on any atom is 0.422 e. The predicted molar refractivity (Wildman–Crippen MR) is 154 cm³/mol. The molecule has 0 fully saturated rings. The molecule has 5 aromatic carbocycles. The molecule has 0 unspecified atom stereocenters. The van der Waals surface area contributed by atoms with Gasteiger partial charge in [-0.15, -0.1) is 0 Å². The minimum absolute atomic E-state index is 0.0108. The van der Waals surface area contributed by atoms with Crippen molar-refractivity contribution in [3.8, 4) is 44.5 Å². The third-order valence-electron chi connectivity index (χ3n) is 7.02. The molecule has 0 atom stereocenters. The zero-order valence-corrected chi connectivity index (χ0v) is 23.3. The van der Waals surface area contributed by atoms with E-state index in [1.165, 1.54) is 37.3 Å². The van der Waals surface area contributed by atoms with Gasteiger partial charge in [-0.05, 0) is 64.6 Å².